The molecule has 0 saturated carbocycles. The van der Waals surface area contributed by atoms with Crippen LogP contribution in [0.25, 0.3) is 0 Å². The minimum atomic E-state index is -1.35. The first-order valence-electron chi connectivity index (χ1n) is 6.20. The van der Waals surface area contributed by atoms with Gasteiger partial charge in [-0.05, 0) is 6.42 Å². The van der Waals surface area contributed by atoms with Crippen molar-refractivity contribution in [1.82, 2.24) is 0 Å². The fourth-order valence-electron chi connectivity index (χ4n) is 1.51. The average molecular weight is 311 g/mol. The first-order chi connectivity index (χ1) is 9.70. The first kappa shape index (κ1) is 19.7. The highest BCUT2D eigenvalue weighted by molar-refractivity contribution is 5.69. The van der Waals surface area contributed by atoms with Gasteiger partial charge in [0.15, 0.2) is 6.29 Å². The summed E-state index contributed by atoms with van der Waals surface area (Å²) >= 11 is 0. The van der Waals surface area contributed by atoms with Gasteiger partial charge in [-0.15, -0.1) is 0 Å². The molecule has 0 aromatic rings. The van der Waals surface area contributed by atoms with E-state index in [0.717, 1.165) is 0 Å². The molecule has 1 aliphatic heterocycles. The predicted octanol–water partition coefficient (Wildman–Crippen LogP) is -2.93. The topological polar surface area (TPSA) is 191 Å². The number of aliphatic hydroxyl groups excluding tert-OH is 4. The molecule has 5 atom stereocenters. The normalized spacial score (nSPS) is 32.0. The van der Waals surface area contributed by atoms with E-state index in [1.807, 2.05) is 0 Å². The summed E-state index contributed by atoms with van der Waals surface area (Å²) in [6, 6.07) is -1.04. The van der Waals surface area contributed by atoms with Gasteiger partial charge in [-0.2, -0.15) is 0 Å². The van der Waals surface area contributed by atoms with E-state index in [2.05, 4.69) is 0 Å². The number of rotatable bonds is 5. The number of aliphatic hydroxyl groups is 4. The molecule has 0 bridgehead atoms. The maximum absolute atomic E-state index is 9.79. The van der Waals surface area contributed by atoms with Gasteiger partial charge < -0.3 is 41.1 Å². The molecule has 0 radical (unpaired) electrons. The predicted molar refractivity (Wildman–Crippen MR) is 67.1 cm³/mol. The lowest BCUT2D eigenvalue weighted by atomic mass is 9.98. The monoisotopic (exact) mass is 311 g/mol. The summed E-state index contributed by atoms with van der Waals surface area (Å²) in [4.78, 5) is 19.6. The molecule has 10 nitrogen and oxygen atoms in total. The molecule has 124 valence electrons. The van der Waals surface area contributed by atoms with E-state index in [-0.39, 0.29) is 19.3 Å². The van der Waals surface area contributed by atoms with Gasteiger partial charge in [-0.25, -0.2) is 0 Å². The molecular formula is C11H21NO9. The third-order valence-corrected chi connectivity index (χ3v) is 2.73. The fourth-order valence-corrected chi connectivity index (χ4v) is 1.51. The van der Waals surface area contributed by atoms with Crippen molar-refractivity contribution >= 4 is 11.9 Å². The SMILES string of the molecule is N[C@@H]1[C@@H](O)[C@H](O)[C@@H](CO)O[C@H]1O.O=C(O)CCCC(=O)O. The van der Waals surface area contributed by atoms with Crippen molar-refractivity contribution in [3.05, 3.63) is 0 Å². The molecule has 0 unspecified atom stereocenters. The van der Waals surface area contributed by atoms with Crippen molar-refractivity contribution in [2.45, 2.75) is 49.9 Å². The average Bonchev–Trinajstić information content (AvgIpc) is 2.40. The van der Waals surface area contributed by atoms with Crippen LogP contribution in [0, 0.1) is 0 Å². The third kappa shape index (κ3) is 7.32. The van der Waals surface area contributed by atoms with Gasteiger partial charge in [0.25, 0.3) is 0 Å². The van der Waals surface area contributed by atoms with Crippen LogP contribution in [-0.2, 0) is 14.3 Å². The molecule has 1 rings (SSSR count). The molecule has 1 heterocycles. The zero-order valence-corrected chi connectivity index (χ0v) is 11.2. The lowest BCUT2D eigenvalue weighted by molar-refractivity contribution is -0.248. The van der Waals surface area contributed by atoms with E-state index in [1.165, 1.54) is 0 Å². The lowest BCUT2D eigenvalue weighted by Gasteiger charge is -2.38. The van der Waals surface area contributed by atoms with Crippen LogP contribution in [0.5, 0.6) is 0 Å². The number of hydrogen-bond acceptors (Lipinski definition) is 8. The number of carboxylic acids is 2. The zero-order valence-electron chi connectivity index (χ0n) is 11.2. The molecular weight excluding hydrogens is 290 g/mol. The van der Waals surface area contributed by atoms with Crippen LogP contribution in [0.15, 0.2) is 0 Å². The molecule has 1 fully saturated rings. The summed E-state index contributed by atoms with van der Waals surface area (Å²) in [5.41, 5.74) is 5.26. The third-order valence-electron chi connectivity index (χ3n) is 2.73. The molecule has 0 spiro atoms. The van der Waals surface area contributed by atoms with Crippen molar-refractivity contribution in [3.63, 3.8) is 0 Å². The fraction of sp³-hybridized carbons (Fsp3) is 0.818. The minimum Gasteiger partial charge on any atom is -0.481 e. The van der Waals surface area contributed by atoms with Crippen molar-refractivity contribution in [3.8, 4) is 0 Å². The Balaban J connectivity index is 0.000000400. The van der Waals surface area contributed by atoms with Gasteiger partial charge in [-0.3, -0.25) is 9.59 Å². The molecule has 8 N–H and O–H groups in total. The largest absolute Gasteiger partial charge is 0.481 e. The molecule has 10 heteroatoms. The van der Waals surface area contributed by atoms with Gasteiger partial charge in [0.1, 0.15) is 18.3 Å². The van der Waals surface area contributed by atoms with Crippen molar-refractivity contribution in [2.24, 2.45) is 5.73 Å². The summed E-state index contributed by atoms with van der Waals surface area (Å²) in [6.45, 7) is -0.470. The summed E-state index contributed by atoms with van der Waals surface area (Å²) in [5.74, 6) is -1.90. The van der Waals surface area contributed by atoms with Crippen LogP contribution < -0.4 is 5.73 Å². The molecule has 1 aliphatic rings. The number of aliphatic carboxylic acids is 2. The van der Waals surface area contributed by atoms with E-state index < -0.39 is 49.2 Å². The molecule has 0 aromatic carbocycles. The smallest absolute Gasteiger partial charge is 0.303 e. The summed E-state index contributed by atoms with van der Waals surface area (Å²) in [6.07, 6.45) is -4.77. The second-order valence-corrected chi connectivity index (χ2v) is 4.45. The van der Waals surface area contributed by atoms with E-state index in [1.54, 1.807) is 0 Å². The van der Waals surface area contributed by atoms with E-state index >= 15 is 0 Å². The van der Waals surface area contributed by atoms with Crippen LogP contribution in [0.2, 0.25) is 0 Å². The second-order valence-electron chi connectivity index (χ2n) is 4.45. The minimum absolute atomic E-state index is 0.0632. The molecule has 0 aromatic heterocycles. The first-order valence-corrected chi connectivity index (χ1v) is 6.20. The lowest BCUT2D eigenvalue weighted by Crippen LogP contribution is -2.61. The van der Waals surface area contributed by atoms with Gasteiger partial charge >= 0.3 is 11.9 Å². The van der Waals surface area contributed by atoms with Crippen LogP contribution >= 0.6 is 0 Å². The Bertz CT molecular complexity index is 319. The van der Waals surface area contributed by atoms with Crippen molar-refractivity contribution in [1.29, 1.82) is 0 Å². The summed E-state index contributed by atoms with van der Waals surface area (Å²) < 4.78 is 4.70. The number of hydrogen-bond donors (Lipinski definition) is 7. The zero-order chi connectivity index (χ0) is 16.6. The second kappa shape index (κ2) is 9.60. The summed E-state index contributed by atoms with van der Waals surface area (Å²) in [7, 11) is 0. The standard InChI is InChI=1S/C6H13NO5.C5H8O4/c7-3-5(10)4(9)2(1-8)12-6(3)11;6-4(7)2-1-3-5(8)9/h2-6,8-11H,1,7H2;1-3H2,(H,6,7)(H,8,9)/t2-,3-,4-,5-,6-;/m1./s1. The molecule has 0 aliphatic carbocycles. The molecule has 0 amide bonds. The van der Waals surface area contributed by atoms with Crippen molar-refractivity contribution in [2.75, 3.05) is 6.61 Å². The number of nitrogens with two attached hydrogens (primary N) is 1. The van der Waals surface area contributed by atoms with Crippen LogP contribution in [0.1, 0.15) is 19.3 Å². The van der Waals surface area contributed by atoms with Gasteiger partial charge in [0, 0.05) is 12.8 Å². The number of carbonyl (C=O) groups is 2. The van der Waals surface area contributed by atoms with Crippen molar-refractivity contribution < 1.29 is 45.0 Å². The van der Waals surface area contributed by atoms with E-state index in [4.69, 9.17) is 30.9 Å². The Labute approximate surface area is 120 Å². The highest BCUT2D eigenvalue weighted by Gasteiger charge is 2.41. The highest BCUT2D eigenvalue weighted by Crippen LogP contribution is 2.17. The van der Waals surface area contributed by atoms with Crippen LogP contribution in [0.4, 0.5) is 0 Å². The maximum atomic E-state index is 9.79. The molecule has 21 heavy (non-hydrogen) atoms. The Kier molecular flexibility index (Phi) is 9.01. The number of ether oxygens (including phenoxy) is 1. The van der Waals surface area contributed by atoms with Gasteiger partial charge in [0.2, 0.25) is 0 Å². The Morgan fingerprint density at radius 1 is 1.00 bits per heavy atom. The number of carboxylic acid groups (broad SMARTS) is 2. The Hall–Kier alpha value is -1.30. The quantitative estimate of drug-likeness (QED) is 0.276. The highest BCUT2D eigenvalue weighted by atomic mass is 16.6. The Morgan fingerprint density at radius 2 is 1.48 bits per heavy atom. The van der Waals surface area contributed by atoms with E-state index in [0.29, 0.717) is 0 Å². The molecule has 1 saturated heterocycles. The maximum Gasteiger partial charge on any atom is 0.303 e. The Morgan fingerprint density at radius 3 is 1.86 bits per heavy atom. The van der Waals surface area contributed by atoms with Gasteiger partial charge in [0.05, 0.1) is 12.6 Å². The summed E-state index contributed by atoms with van der Waals surface area (Å²) in [5, 5.41) is 52.1. The van der Waals surface area contributed by atoms with Crippen LogP contribution in [-0.4, -0.2) is 79.8 Å². The van der Waals surface area contributed by atoms with Crippen LogP contribution in [0.3, 0.4) is 0 Å². The van der Waals surface area contributed by atoms with E-state index in [9.17, 15) is 19.8 Å². The van der Waals surface area contributed by atoms with Gasteiger partial charge in [-0.1, -0.05) is 0 Å².